The van der Waals surface area contributed by atoms with E-state index in [-0.39, 0.29) is 25.0 Å². The summed E-state index contributed by atoms with van der Waals surface area (Å²) in [4.78, 5) is 24.1. The standard InChI is InChI=1S/C20H24F3NO5/c1-5-28-17(26)19(27,20(21,22)23)14-12-24(15-9-7-6-8-13(14)15)11-10-16(25)29-18(2,3)4/h6-9,12,27H,5,10-11H2,1-4H3. The average Bonchev–Trinajstić information content (AvgIpc) is 2.96. The maximum Gasteiger partial charge on any atom is 0.432 e. The normalized spacial score (nSPS) is 14.5. The number of hydrogen-bond donors (Lipinski definition) is 1. The van der Waals surface area contributed by atoms with Crippen LogP contribution in [0.5, 0.6) is 0 Å². The molecule has 0 bridgehead atoms. The molecule has 0 saturated heterocycles. The maximum atomic E-state index is 13.8. The lowest BCUT2D eigenvalue weighted by Crippen LogP contribution is -2.50. The number of esters is 2. The van der Waals surface area contributed by atoms with Gasteiger partial charge in [-0.2, -0.15) is 13.2 Å². The number of nitrogens with zero attached hydrogens (tertiary/aromatic N) is 1. The van der Waals surface area contributed by atoms with Gasteiger partial charge in [0.15, 0.2) is 0 Å². The van der Waals surface area contributed by atoms with Gasteiger partial charge in [0, 0.05) is 29.2 Å². The van der Waals surface area contributed by atoms with Gasteiger partial charge in [0.25, 0.3) is 5.60 Å². The molecular weight excluding hydrogens is 391 g/mol. The molecule has 0 radical (unpaired) electrons. The highest BCUT2D eigenvalue weighted by molar-refractivity contribution is 5.92. The smallest absolute Gasteiger partial charge is 0.432 e. The quantitative estimate of drug-likeness (QED) is 0.729. The molecule has 0 amide bonds. The Morgan fingerprint density at radius 1 is 1.14 bits per heavy atom. The second kappa shape index (κ2) is 8.06. The minimum Gasteiger partial charge on any atom is -0.463 e. The van der Waals surface area contributed by atoms with Crippen LogP contribution >= 0.6 is 0 Å². The topological polar surface area (TPSA) is 77.8 Å². The van der Waals surface area contributed by atoms with Crippen molar-refractivity contribution in [2.24, 2.45) is 0 Å². The van der Waals surface area contributed by atoms with Crippen molar-refractivity contribution >= 4 is 22.8 Å². The monoisotopic (exact) mass is 415 g/mol. The molecule has 0 aliphatic rings. The molecule has 1 unspecified atom stereocenters. The first-order valence-electron chi connectivity index (χ1n) is 9.07. The van der Waals surface area contributed by atoms with E-state index in [4.69, 9.17) is 4.74 Å². The predicted octanol–water partition coefficient (Wildman–Crippen LogP) is 3.69. The molecular formula is C20H24F3NO5. The Balaban J connectivity index is 2.50. The molecule has 0 aliphatic heterocycles. The van der Waals surface area contributed by atoms with Crippen molar-refractivity contribution in [2.75, 3.05) is 6.61 Å². The molecule has 1 atom stereocenters. The molecule has 2 rings (SSSR count). The van der Waals surface area contributed by atoms with Crippen LogP contribution in [0, 0.1) is 0 Å². The van der Waals surface area contributed by atoms with Gasteiger partial charge in [-0.3, -0.25) is 4.79 Å². The third-order valence-corrected chi connectivity index (χ3v) is 4.14. The number of para-hydroxylation sites is 1. The van der Waals surface area contributed by atoms with E-state index in [1.54, 1.807) is 26.8 Å². The highest BCUT2D eigenvalue weighted by atomic mass is 19.4. The second-order valence-corrected chi connectivity index (χ2v) is 7.52. The van der Waals surface area contributed by atoms with Crippen LogP contribution in [0.1, 0.15) is 39.7 Å². The van der Waals surface area contributed by atoms with Gasteiger partial charge < -0.3 is 19.1 Å². The molecule has 1 N–H and O–H groups in total. The van der Waals surface area contributed by atoms with E-state index in [1.807, 2.05) is 0 Å². The van der Waals surface area contributed by atoms with Crippen molar-refractivity contribution in [1.82, 2.24) is 4.57 Å². The van der Waals surface area contributed by atoms with Crippen LogP contribution in [0.25, 0.3) is 10.9 Å². The fraction of sp³-hybridized carbons (Fsp3) is 0.500. The summed E-state index contributed by atoms with van der Waals surface area (Å²) < 4.78 is 52.4. The zero-order chi connectivity index (χ0) is 22.0. The number of alkyl halides is 3. The van der Waals surface area contributed by atoms with E-state index in [0.29, 0.717) is 5.52 Å². The van der Waals surface area contributed by atoms with E-state index in [2.05, 4.69) is 4.74 Å². The van der Waals surface area contributed by atoms with E-state index in [9.17, 15) is 27.9 Å². The Hall–Kier alpha value is -2.55. The molecule has 1 heterocycles. The molecule has 0 aliphatic carbocycles. The molecule has 0 fully saturated rings. The van der Waals surface area contributed by atoms with E-state index in [0.717, 1.165) is 6.20 Å². The third kappa shape index (κ3) is 4.72. The van der Waals surface area contributed by atoms with Crippen LogP contribution < -0.4 is 0 Å². The highest BCUT2D eigenvalue weighted by Gasteiger charge is 2.63. The molecule has 1 aromatic heterocycles. The Labute approximate surface area is 166 Å². The first-order valence-corrected chi connectivity index (χ1v) is 9.07. The van der Waals surface area contributed by atoms with Crippen molar-refractivity contribution < 1.29 is 37.3 Å². The molecule has 0 saturated carbocycles. The number of ether oxygens (including phenoxy) is 2. The molecule has 2 aromatic rings. The minimum atomic E-state index is -5.31. The van der Waals surface area contributed by atoms with Crippen molar-refractivity contribution in [3.8, 4) is 0 Å². The van der Waals surface area contributed by atoms with Crippen LogP contribution in [0.4, 0.5) is 13.2 Å². The van der Waals surface area contributed by atoms with Crippen molar-refractivity contribution in [1.29, 1.82) is 0 Å². The minimum absolute atomic E-state index is 0.00614. The Morgan fingerprint density at radius 3 is 2.31 bits per heavy atom. The Kier molecular flexibility index (Phi) is 6.32. The Morgan fingerprint density at radius 2 is 1.76 bits per heavy atom. The molecule has 9 heteroatoms. The summed E-state index contributed by atoms with van der Waals surface area (Å²) >= 11 is 0. The average molecular weight is 415 g/mol. The van der Waals surface area contributed by atoms with Gasteiger partial charge in [-0.15, -0.1) is 0 Å². The van der Waals surface area contributed by atoms with Crippen molar-refractivity contribution in [2.45, 2.75) is 58.0 Å². The summed E-state index contributed by atoms with van der Waals surface area (Å²) in [5, 5.41) is 10.5. The number of carbonyl (C=O) groups excluding carboxylic acids is 2. The molecule has 6 nitrogen and oxygen atoms in total. The lowest BCUT2D eigenvalue weighted by molar-refractivity contribution is -0.267. The summed E-state index contributed by atoms with van der Waals surface area (Å²) in [6, 6.07) is 6.00. The Bertz CT molecular complexity index is 898. The number of halogens is 3. The highest BCUT2D eigenvalue weighted by Crippen LogP contribution is 2.43. The van der Waals surface area contributed by atoms with Crippen LogP contribution in [0.2, 0.25) is 0 Å². The first-order chi connectivity index (χ1) is 13.3. The fourth-order valence-electron chi connectivity index (χ4n) is 2.94. The zero-order valence-electron chi connectivity index (χ0n) is 16.7. The molecule has 160 valence electrons. The first kappa shape index (κ1) is 22.7. The second-order valence-electron chi connectivity index (χ2n) is 7.52. The van der Waals surface area contributed by atoms with Crippen LogP contribution in [0.3, 0.4) is 0 Å². The van der Waals surface area contributed by atoms with Crippen LogP contribution in [-0.4, -0.2) is 40.0 Å². The number of benzene rings is 1. The fourth-order valence-corrected chi connectivity index (χ4v) is 2.94. The largest absolute Gasteiger partial charge is 0.463 e. The van der Waals surface area contributed by atoms with Gasteiger partial charge in [-0.1, -0.05) is 18.2 Å². The SMILES string of the molecule is CCOC(=O)C(O)(c1cn(CCC(=O)OC(C)(C)C)c2ccccc12)C(F)(F)F. The molecule has 1 aromatic carbocycles. The van der Waals surface area contributed by atoms with Crippen molar-refractivity contribution in [3.05, 3.63) is 36.0 Å². The summed E-state index contributed by atoms with van der Waals surface area (Å²) in [5.74, 6) is -2.32. The van der Waals surface area contributed by atoms with E-state index in [1.165, 1.54) is 29.7 Å². The molecule has 0 spiro atoms. The molecule has 29 heavy (non-hydrogen) atoms. The van der Waals surface area contributed by atoms with Gasteiger partial charge in [-0.05, 0) is 33.8 Å². The lowest BCUT2D eigenvalue weighted by atomic mass is 9.92. The van der Waals surface area contributed by atoms with Gasteiger partial charge in [0.1, 0.15) is 5.60 Å². The van der Waals surface area contributed by atoms with Crippen molar-refractivity contribution in [3.63, 3.8) is 0 Å². The number of aryl methyl sites for hydroxylation is 1. The number of fused-ring (bicyclic) bond motifs is 1. The summed E-state index contributed by atoms with van der Waals surface area (Å²) in [6.45, 7) is 6.14. The van der Waals surface area contributed by atoms with Crippen LogP contribution in [-0.2, 0) is 31.2 Å². The number of aromatic nitrogens is 1. The predicted molar refractivity (Wildman–Crippen MR) is 99.0 cm³/mol. The van der Waals surface area contributed by atoms with E-state index >= 15 is 0 Å². The summed E-state index contributed by atoms with van der Waals surface area (Å²) in [5.41, 5.74) is -4.84. The summed E-state index contributed by atoms with van der Waals surface area (Å²) in [7, 11) is 0. The van der Waals surface area contributed by atoms with Crippen LogP contribution in [0.15, 0.2) is 30.5 Å². The lowest BCUT2D eigenvalue weighted by Gasteiger charge is -2.27. The third-order valence-electron chi connectivity index (χ3n) is 4.14. The maximum absolute atomic E-state index is 13.8. The zero-order valence-corrected chi connectivity index (χ0v) is 16.7. The van der Waals surface area contributed by atoms with Gasteiger partial charge in [0.05, 0.1) is 13.0 Å². The van der Waals surface area contributed by atoms with E-state index < -0.39 is 34.9 Å². The number of carbonyl (C=O) groups is 2. The number of aliphatic hydroxyl groups is 1. The van der Waals surface area contributed by atoms with Gasteiger partial charge in [-0.25, -0.2) is 4.79 Å². The number of rotatable bonds is 6. The van der Waals surface area contributed by atoms with Gasteiger partial charge in [0.2, 0.25) is 0 Å². The summed E-state index contributed by atoms with van der Waals surface area (Å²) in [6.07, 6.45) is -4.38. The van der Waals surface area contributed by atoms with Gasteiger partial charge >= 0.3 is 18.1 Å². The number of hydrogen-bond acceptors (Lipinski definition) is 5.